The molecule has 1 aliphatic heterocycles. The van der Waals surface area contributed by atoms with Crippen LogP contribution in [0.3, 0.4) is 0 Å². The molecule has 2 amide bonds. The molecule has 1 aliphatic rings. The Labute approximate surface area is 119 Å². The fraction of sp³-hybridized carbons (Fsp3) is 0.818. The molecular formula is C11H19NNaO3+. The van der Waals surface area contributed by atoms with Crippen molar-refractivity contribution in [3.63, 3.8) is 0 Å². The Morgan fingerprint density at radius 2 is 1.62 bits per heavy atom. The number of amides is 2. The summed E-state index contributed by atoms with van der Waals surface area (Å²) in [6.45, 7) is 4.12. The Morgan fingerprint density at radius 3 is 1.94 bits per heavy atom. The minimum absolute atomic E-state index is 0. The molecule has 0 spiro atoms. The van der Waals surface area contributed by atoms with E-state index in [1.165, 1.54) is 0 Å². The Hall–Kier alpha value is -0.0600. The molecule has 5 heteroatoms. The third-order valence-electron chi connectivity index (χ3n) is 2.79. The summed E-state index contributed by atoms with van der Waals surface area (Å²) in [7, 11) is 0. The molecule has 0 aromatic rings. The summed E-state index contributed by atoms with van der Waals surface area (Å²) in [4.78, 5) is 22.7. The number of ether oxygens (including phenoxy) is 1. The van der Waals surface area contributed by atoms with E-state index in [0.29, 0.717) is 12.8 Å². The molecule has 1 heterocycles. The van der Waals surface area contributed by atoms with E-state index in [9.17, 15) is 9.59 Å². The van der Waals surface area contributed by atoms with E-state index in [4.69, 9.17) is 4.74 Å². The average Bonchev–Trinajstić information content (AvgIpc) is 2.48. The number of carbonyl (C=O) groups is 2. The molecular weight excluding hydrogens is 217 g/mol. The summed E-state index contributed by atoms with van der Waals surface area (Å²) in [6.07, 6.45) is 4.50. The first-order valence-corrected chi connectivity index (χ1v) is 5.69. The van der Waals surface area contributed by atoms with Crippen molar-refractivity contribution in [2.45, 2.75) is 58.0 Å². The second-order valence-corrected chi connectivity index (χ2v) is 4.05. The van der Waals surface area contributed by atoms with Gasteiger partial charge in [-0.2, -0.15) is 0 Å². The van der Waals surface area contributed by atoms with Crippen LogP contribution in [0.25, 0.3) is 0 Å². The smallest absolute Gasteiger partial charge is 0.432 e. The SMILES string of the molecule is CCCCC1(CCCC)OC(=O)NC1=O.[Na+]. The average molecular weight is 236 g/mol. The van der Waals surface area contributed by atoms with Crippen LogP contribution >= 0.6 is 0 Å². The number of cyclic esters (lactones) is 1. The first-order chi connectivity index (χ1) is 7.14. The zero-order valence-electron chi connectivity index (χ0n) is 10.5. The Morgan fingerprint density at radius 1 is 1.12 bits per heavy atom. The summed E-state index contributed by atoms with van der Waals surface area (Å²) >= 11 is 0. The second kappa shape index (κ2) is 7.30. The molecule has 0 radical (unpaired) electrons. The van der Waals surface area contributed by atoms with Gasteiger partial charge in [0.1, 0.15) is 0 Å². The van der Waals surface area contributed by atoms with Gasteiger partial charge in [0.05, 0.1) is 0 Å². The molecule has 1 rings (SSSR count). The first-order valence-electron chi connectivity index (χ1n) is 5.69. The van der Waals surface area contributed by atoms with Crippen molar-refractivity contribution in [1.82, 2.24) is 5.32 Å². The van der Waals surface area contributed by atoms with Gasteiger partial charge in [-0.25, -0.2) is 4.79 Å². The van der Waals surface area contributed by atoms with Crippen LogP contribution in [0.15, 0.2) is 0 Å². The number of hydrogen-bond acceptors (Lipinski definition) is 3. The maximum absolute atomic E-state index is 11.7. The predicted molar refractivity (Wildman–Crippen MR) is 56.4 cm³/mol. The number of carbonyl (C=O) groups excluding carboxylic acids is 2. The van der Waals surface area contributed by atoms with Crippen molar-refractivity contribution in [1.29, 1.82) is 0 Å². The summed E-state index contributed by atoms with van der Waals surface area (Å²) in [5.41, 5.74) is -0.872. The van der Waals surface area contributed by atoms with E-state index >= 15 is 0 Å². The molecule has 0 aromatic carbocycles. The number of alkyl carbamates (subject to hydrolysis) is 1. The molecule has 0 bridgehead atoms. The molecule has 0 unspecified atom stereocenters. The minimum Gasteiger partial charge on any atom is -0.432 e. The van der Waals surface area contributed by atoms with E-state index in [2.05, 4.69) is 19.2 Å². The van der Waals surface area contributed by atoms with Crippen LogP contribution in [-0.4, -0.2) is 17.6 Å². The van der Waals surface area contributed by atoms with E-state index in [0.717, 1.165) is 25.7 Å². The van der Waals surface area contributed by atoms with Gasteiger partial charge in [0.25, 0.3) is 5.91 Å². The number of rotatable bonds is 6. The standard InChI is InChI=1S/C11H19NO3.Na/c1-3-5-7-11(8-6-4-2)9(13)12-10(14)15-11;/h3-8H2,1-2H3,(H,12,13,14);/q;+1. The minimum atomic E-state index is -0.872. The van der Waals surface area contributed by atoms with Crippen molar-refractivity contribution in [2.75, 3.05) is 0 Å². The van der Waals surface area contributed by atoms with Crippen LogP contribution in [0, 0.1) is 0 Å². The van der Waals surface area contributed by atoms with Gasteiger partial charge in [-0.15, -0.1) is 0 Å². The normalized spacial score (nSPS) is 17.6. The maximum Gasteiger partial charge on any atom is 1.00 e. The van der Waals surface area contributed by atoms with Gasteiger partial charge >= 0.3 is 35.7 Å². The Bertz CT molecular complexity index is 248. The zero-order chi connectivity index (χ0) is 11.3. The van der Waals surface area contributed by atoms with Crippen LogP contribution in [0.1, 0.15) is 52.4 Å². The van der Waals surface area contributed by atoms with Gasteiger partial charge in [0, 0.05) is 0 Å². The predicted octanol–water partition coefficient (Wildman–Crippen LogP) is -0.624. The maximum atomic E-state index is 11.7. The quantitative estimate of drug-likeness (QED) is 0.625. The van der Waals surface area contributed by atoms with E-state index in [1.54, 1.807) is 0 Å². The second-order valence-electron chi connectivity index (χ2n) is 4.05. The molecule has 0 aromatic heterocycles. The topological polar surface area (TPSA) is 55.4 Å². The van der Waals surface area contributed by atoms with Gasteiger partial charge in [-0.3, -0.25) is 10.1 Å². The molecule has 16 heavy (non-hydrogen) atoms. The molecule has 0 atom stereocenters. The van der Waals surface area contributed by atoms with Crippen LogP contribution in [0.5, 0.6) is 0 Å². The molecule has 1 fully saturated rings. The first kappa shape index (κ1) is 15.9. The Balaban J connectivity index is 0.00000225. The molecule has 4 nitrogen and oxygen atoms in total. The number of imide groups is 1. The van der Waals surface area contributed by atoms with E-state index in [1.807, 2.05) is 0 Å². The monoisotopic (exact) mass is 236 g/mol. The molecule has 86 valence electrons. The summed E-state index contributed by atoms with van der Waals surface area (Å²) < 4.78 is 5.17. The zero-order valence-corrected chi connectivity index (χ0v) is 12.5. The Kier molecular flexibility index (Phi) is 7.27. The summed E-state index contributed by atoms with van der Waals surface area (Å²) in [6, 6.07) is 0. The van der Waals surface area contributed by atoms with Crippen LogP contribution in [0.2, 0.25) is 0 Å². The molecule has 0 saturated carbocycles. The van der Waals surface area contributed by atoms with Crippen molar-refractivity contribution < 1.29 is 43.9 Å². The van der Waals surface area contributed by atoms with Gasteiger partial charge in [-0.05, 0) is 25.7 Å². The van der Waals surface area contributed by atoms with Crippen molar-refractivity contribution >= 4 is 12.0 Å². The molecule has 1 saturated heterocycles. The van der Waals surface area contributed by atoms with Gasteiger partial charge in [-0.1, -0.05) is 26.7 Å². The largest absolute Gasteiger partial charge is 1.00 e. The van der Waals surface area contributed by atoms with Crippen LogP contribution in [-0.2, 0) is 9.53 Å². The van der Waals surface area contributed by atoms with Gasteiger partial charge in [0.2, 0.25) is 0 Å². The van der Waals surface area contributed by atoms with Crippen molar-refractivity contribution in [3.8, 4) is 0 Å². The van der Waals surface area contributed by atoms with Crippen molar-refractivity contribution in [2.24, 2.45) is 0 Å². The van der Waals surface area contributed by atoms with Crippen LogP contribution in [0.4, 0.5) is 4.79 Å². The fourth-order valence-corrected chi connectivity index (χ4v) is 1.83. The van der Waals surface area contributed by atoms with Crippen LogP contribution < -0.4 is 34.9 Å². The summed E-state index contributed by atoms with van der Waals surface area (Å²) in [5, 5.41) is 2.23. The third kappa shape index (κ3) is 3.75. The molecule has 1 N–H and O–H groups in total. The number of hydrogen-bond donors (Lipinski definition) is 1. The number of nitrogens with one attached hydrogen (secondary N) is 1. The van der Waals surface area contributed by atoms with E-state index in [-0.39, 0.29) is 35.5 Å². The third-order valence-corrected chi connectivity index (χ3v) is 2.79. The molecule has 0 aliphatic carbocycles. The van der Waals surface area contributed by atoms with Crippen molar-refractivity contribution in [3.05, 3.63) is 0 Å². The van der Waals surface area contributed by atoms with Gasteiger partial charge in [0.15, 0.2) is 5.60 Å². The fourth-order valence-electron chi connectivity index (χ4n) is 1.83. The summed E-state index contributed by atoms with van der Waals surface area (Å²) in [5.74, 6) is -0.255. The van der Waals surface area contributed by atoms with E-state index < -0.39 is 11.7 Å². The number of unbranched alkanes of at least 4 members (excludes halogenated alkanes) is 2. The van der Waals surface area contributed by atoms with Gasteiger partial charge < -0.3 is 4.74 Å².